The van der Waals surface area contributed by atoms with E-state index in [1.54, 1.807) is 12.1 Å². The van der Waals surface area contributed by atoms with E-state index >= 15 is 0 Å². The molecule has 0 aromatic heterocycles. The molecule has 3 aromatic carbocycles. The van der Waals surface area contributed by atoms with Gasteiger partial charge in [0, 0.05) is 17.3 Å². The molecule has 12 N–H and O–H groups in total. The van der Waals surface area contributed by atoms with Crippen LogP contribution in [0.3, 0.4) is 0 Å². The summed E-state index contributed by atoms with van der Waals surface area (Å²) >= 11 is 5.85. The van der Waals surface area contributed by atoms with Gasteiger partial charge in [0.15, 0.2) is 11.5 Å². The number of benzene rings is 3. The first kappa shape index (κ1) is 27.8. The number of anilines is 1. The topological polar surface area (TPSA) is 243 Å². The normalized spacial score (nSPS) is 12.8. The Balaban J connectivity index is 1.86. The van der Waals surface area contributed by atoms with Gasteiger partial charge in [0.2, 0.25) is 5.75 Å². The van der Waals surface area contributed by atoms with Gasteiger partial charge in [-0.2, -0.15) is 0 Å². The Morgan fingerprint density at radius 3 is 2.14 bits per heavy atom. The molecule has 3 aromatic rings. The summed E-state index contributed by atoms with van der Waals surface area (Å²) in [5.41, 5.74) is -1.86. The zero-order valence-electron chi connectivity index (χ0n) is 18.7. The lowest BCUT2D eigenvalue weighted by Gasteiger charge is -2.36. The number of aromatic hydroxyl groups is 4. The summed E-state index contributed by atoms with van der Waals surface area (Å²) in [4.78, 5) is 11.4. The first-order chi connectivity index (χ1) is 17.2. The Morgan fingerprint density at radius 2 is 1.51 bits per heavy atom. The molecular weight excluding hydrogens is 516 g/mol. The van der Waals surface area contributed by atoms with E-state index in [9.17, 15) is 55.9 Å². The van der Waals surface area contributed by atoms with Crippen LogP contribution in [0.5, 0.6) is 23.0 Å². The third kappa shape index (κ3) is 5.63. The summed E-state index contributed by atoms with van der Waals surface area (Å²) in [6, 6.07) is 10.7. The predicted molar refractivity (Wildman–Crippen MR) is 128 cm³/mol. The lowest BCUT2D eigenvalue weighted by Crippen LogP contribution is -2.67. The third-order valence-corrected chi connectivity index (χ3v) is 5.58. The first-order valence-electron chi connectivity index (χ1n) is 10.4. The monoisotopic (exact) mass is 538 g/mol. The number of halogens is 1. The number of aliphatic hydroxyl groups excluding tert-OH is 1. The van der Waals surface area contributed by atoms with Crippen LogP contribution in [0.25, 0.3) is 11.1 Å². The highest BCUT2D eigenvalue weighted by Crippen LogP contribution is 2.51. The molecule has 0 radical (unpaired) electrons. The summed E-state index contributed by atoms with van der Waals surface area (Å²) in [5.74, 6) is -13.5. The molecule has 0 saturated heterocycles. The number of carboxylic acids is 1. The number of phenolic OH excluding ortho intramolecular Hbond substituents is 2. The number of aromatic carboxylic acids is 1. The number of phenols is 4. The van der Waals surface area contributed by atoms with Crippen LogP contribution >= 0.6 is 11.6 Å². The predicted octanol–water partition coefficient (Wildman–Crippen LogP) is 0.539. The van der Waals surface area contributed by atoms with Gasteiger partial charge < -0.3 is 56.4 Å². The summed E-state index contributed by atoms with van der Waals surface area (Å²) in [6.45, 7) is -0.565. The van der Waals surface area contributed by atoms with E-state index in [4.69, 9.17) is 11.6 Å². The lowest BCUT2D eigenvalue weighted by molar-refractivity contribution is -0.357. The SMILES string of the molecule is O=C(O)c1c(O)c(O)c(O)c(-c2cccc(NC(O)(O)C(O)(O)NCC(O)c3cccc(Cl)c3)c2)c1O. The van der Waals surface area contributed by atoms with Crippen molar-refractivity contribution in [1.29, 1.82) is 0 Å². The third-order valence-electron chi connectivity index (χ3n) is 5.34. The number of carbonyl (C=O) groups is 1. The Morgan fingerprint density at radius 1 is 0.865 bits per heavy atom. The van der Waals surface area contributed by atoms with Crippen LogP contribution in [0.15, 0.2) is 48.5 Å². The Hall–Kier alpha value is -3.82. The minimum absolute atomic E-state index is 0.181. The van der Waals surface area contributed by atoms with Crippen LogP contribution in [0.4, 0.5) is 5.69 Å². The van der Waals surface area contributed by atoms with Crippen LogP contribution in [0, 0.1) is 0 Å². The summed E-state index contributed by atoms with van der Waals surface area (Å²) in [7, 11) is 0. The van der Waals surface area contributed by atoms with Crippen LogP contribution < -0.4 is 10.6 Å². The van der Waals surface area contributed by atoms with E-state index in [-0.39, 0.29) is 11.3 Å². The summed E-state index contributed by atoms with van der Waals surface area (Å²) < 4.78 is 0. The number of hydrogen-bond acceptors (Lipinski definition) is 12. The summed E-state index contributed by atoms with van der Waals surface area (Å²) in [5, 5.41) is 105. The van der Waals surface area contributed by atoms with Crippen molar-refractivity contribution < 1.29 is 55.9 Å². The van der Waals surface area contributed by atoms with Gasteiger partial charge in [-0.3, -0.25) is 5.32 Å². The van der Waals surface area contributed by atoms with Crippen LogP contribution in [-0.2, 0) is 0 Å². The minimum Gasteiger partial charge on any atom is -0.506 e. The molecule has 198 valence electrons. The first-order valence-corrected chi connectivity index (χ1v) is 10.7. The molecule has 13 nitrogen and oxygen atoms in total. The second-order valence-electron chi connectivity index (χ2n) is 7.95. The maximum Gasteiger partial charge on any atom is 0.343 e. The van der Waals surface area contributed by atoms with E-state index in [1.165, 1.54) is 30.3 Å². The van der Waals surface area contributed by atoms with Crippen molar-refractivity contribution in [2.75, 3.05) is 11.9 Å². The fourth-order valence-corrected chi connectivity index (χ4v) is 3.61. The number of carboxylic acid groups (broad SMARTS) is 1. The van der Waals surface area contributed by atoms with Crippen LogP contribution in [-0.4, -0.2) is 75.4 Å². The molecular formula is C23H23ClN2O11. The smallest absolute Gasteiger partial charge is 0.343 e. The molecule has 37 heavy (non-hydrogen) atoms. The van der Waals surface area contributed by atoms with Gasteiger partial charge in [-0.1, -0.05) is 35.9 Å². The highest BCUT2D eigenvalue weighted by molar-refractivity contribution is 6.30. The molecule has 14 heteroatoms. The zero-order valence-corrected chi connectivity index (χ0v) is 19.4. The lowest BCUT2D eigenvalue weighted by atomic mass is 9.98. The molecule has 0 bridgehead atoms. The second kappa shape index (κ2) is 10.3. The molecule has 1 unspecified atom stereocenters. The van der Waals surface area contributed by atoms with E-state index in [0.29, 0.717) is 10.6 Å². The number of rotatable bonds is 9. The van der Waals surface area contributed by atoms with Gasteiger partial charge in [0.25, 0.3) is 0 Å². The summed E-state index contributed by atoms with van der Waals surface area (Å²) in [6.07, 6.45) is -1.33. The van der Waals surface area contributed by atoms with Gasteiger partial charge in [-0.05, 0) is 35.4 Å². The fraction of sp³-hybridized carbons (Fsp3) is 0.174. The zero-order chi connectivity index (χ0) is 27.7. The molecule has 0 aliphatic heterocycles. The second-order valence-corrected chi connectivity index (χ2v) is 8.39. The average Bonchev–Trinajstić information content (AvgIpc) is 2.81. The largest absolute Gasteiger partial charge is 0.506 e. The van der Waals surface area contributed by atoms with E-state index in [0.717, 1.165) is 6.07 Å². The quantitative estimate of drug-likeness (QED) is 0.101. The molecule has 1 atom stereocenters. The van der Waals surface area contributed by atoms with Gasteiger partial charge in [0.05, 0.1) is 11.7 Å². The van der Waals surface area contributed by atoms with Crippen molar-refractivity contribution in [2.24, 2.45) is 0 Å². The van der Waals surface area contributed by atoms with Gasteiger partial charge >= 0.3 is 17.8 Å². The highest BCUT2D eigenvalue weighted by Gasteiger charge is 2.48. The van der Waals surface area contributed by atoms with Gasteiger partial charge in [-0.25, -0.2) is 4.79 Å². The van der Waals surface area contributed by atoms with Crippen LogP contribution in [0.2, 0.25) is 5.02 Å². The number of aliphatic hydroxyl groups is 5. The van der Waals surface area contributed by atoms with Crippen molar-refractivity contribution in [3.05, 3.63) is 64.7 Å². The molecule has 0 aliphatic carbocycles. The van der Waals surface area contributed by atoms with Gasteiger partial charge in [0.1, 0.15) is 11.3 Å². The Labute approximate surface area is 213 Å². The molecule has 0 fully saturated rings. The van der Waals surface area contributed by atoms with Gasteiger partial charge in [-0.15, -0.1) is 0 Å². The molecule has 0 amide bonds. The van der Waals surface area contributed by atoms with Crippen molar-refractivity contribution >= 4 is 23.3 Å². The van der Waals surface area contributed by atoms with E-state index in [1.807, 2.05) is 10.6 Å². The maximum atomic E-state index is 11.4. The van der Waals surface area contributed by atoms with Crippen molar-refractivity contribution in [2.45, 2.75) is 17.9 Å². The Kier molecular flexibility index (Phi) is 7.71. The highest BCUT2D eigenvalue weighted by atomic mass is 35.5. The molecule has 0 saturated carbocycles. The van der Waals surface area contributed by atoms with Crippen molar-refractivity contribution in [3.8, 4) is 34.1 Å². The standard InChI is InChI=1S/C23H23ClN2O11/c24-12-5-1-3-10(7-12)14(27)9-25-22(34,35)23(36,37)26-13-6-2-4-11(8-13)15-17(28)16(21(32)33)19(30)20(31)18(15)29/h1-8,14,25-31,34-37H,9H2,(H,32,33). The van der Waals surface area contributed by atoms with Crippen molar-refractivity contribution in [1.82, 2.24) is 5.32 Å². The average molecular weight is 539 g/mol. The molecule has 0 aliphatic rings. The number of hydrogen-bond donors (Lipinski definition) is 12. The molecule has 0 heterocycles. The van der Waals surface area contributed by atoms with E-state index < -0.39 is 64.6 Å². The maximum absolute atomic E-state index is 11.4. The van der Waals surface area contributed by atoms with E-state index in [2.05, 4.69) is 0 Å². The minimum atomic E-state index is -3.51. The Bertz CT molecular complexity index is 1330. The number of nitrogens with one attached hydrogen (secondary N) is 2. The van der Waals surface area contributed by atoms with Crippen molar-refractivity contribution in [3.63, 3.8) is 0 Å². The molecule has 0 spiro atoms. The van der Waals surface area contributed by atoms with Crippen LogP contribution in [0.1, 0.15) is 22.0 Å². The fourth-order valence-electron chi connectivity index (χ4n) is 3.41. The molecule has 3 rings (SSSR count).